The number of nitrogens with zero attached hydrogens (tertiary/aromatic N) is 2. The average molecular weight is 777 g/mol. The molecule has 6 aromatic rings. The van der Waals surface area contributed by atoms with Crippen molar-refractivity contribution in [3.63, 3.8) is 0 Å². The van der Waals surface area contributed by atoms with Gasteiger partial charge in [0.15, 0.2) is 0 Å². The van der Waals surface area contributed by atoms with Gasteiger partial charge < -0.3 is 17.7 Å². The molecule has 0 fully saturated rings. The van der Waals surface area contributed by atoms with E-state index in [1.807, 2.05) is 33.7 Å². The second kappa shape index (κ2) is 17.0. The van der Waals surface area contributed by atoms with E-state index >= 15 is 0 Å². The maximum Gasteiger partial charge on any atom is 0.372 e. The van der Waals surface area contributed by atoms with E-state index in [4.69, 9.17) is 27.7 Å². The third-order valence-electron chi connectivity index (χ3n) is 9.33. The van der Waals surface area contributed by atoms with Crippen molar-refractivity contribution < 1.29 is 17.7 Å². The van der Waals surface area contributed by atoms with Gasteiger partial charge in [-0.15, -0.1) is 22.7 Å². The molecular formula is C38H44N2O4S4Si2. The summed E-state index contributed by atoms with van der Waals surface area (Å²) in [6.07, 6.45) is 0. The van der Waals surface area contributed by atoms with Crippen LogP contribution in [0.1, 0.15) is 34.4 Å². The number of benzene rings is 4. The maximum absolute atomic E-state index is 6.33. The summed E-state index contributed by atoms with van der Waals surface area (Å²) in [6, 6.07) is 39.3. The van der Waals surface area contributed by atoms with E-state index in [1.54, 1.807) is 51.1 Å². The van der Waals surface area contributed by atoms with E-state index in [9.17, 15) is 0 Å². The van der Waals surface area contributed by atoms with Crippen molar-refractivity contribution in [1.29, 1.82) is 0 Å². The monoisotopic (exact) mass is 776 g/mol. The van der Waals surface area contributed by atoms with Crippen LogP contribution in [0.25, 0.3) is 20.4 Å². The largest absolute Gasteiger partial charge is 0.394 e. The number of rotatable bonds is 17. The number of para-hydroxylation sites is 2. The van der Waals surface area contributed by atoms with Gasteiger partial charge in [-0.05, 0) is 58.6 Å². The van der Waals surface area contributed by atoms with Gasteiger partial charge in [0.05, 0.1) is 30.9 Å². The van der Waals surface area contributed by atoms with Gasteiger partial charge in [-0.3, -0.25) is 0 Å². The van der Waals surface area contributed by atoms with Gasteiger partial charge in [0.2, 0.25) is 0 Å². The van der Waals surface area contributed by atoms with Crippen molar-refractivity contribution in [3.8, 4) is 0 Å². The first kappa shape index (κ1) is 37.4. The summed E-state index contributed by atoms with van der Waals surface area (Å²) in [5, 5.41) is 4.69. The minimum absolute atomic E-state index is 0.0864. The van der Waals surface area contributed by atoms with Crippen molar-refractivity contribution >= 4 is 92.2 Å². The van der Waals surface area contributed by atoms with Crippen LogP contribution in [-0.4, -0.2) is 55.5 Å². The number of aromatic nitrogens is 2. The molecule has 0 aliphatic rings. The quantitative estimate of drug-likeness (QED) is 0.0671. The molecule has 4 unspecified atom stereocenters. The Bertz CT molecular complexity index is 1750. The summed E-state index contributed by atoms with van der Waals surface area (Å²) < 4.78 is 27.7. The molecule has 0 amide bonds. The molecule has 0 bridgehead atoms. The molecule has 0 aliphatic carbocycles. The summed E-state index contributed by atoms with van der Waals surface area (Å²) in [5.41, 5.74) is 2.07. The fourth-order valence-electron chi connectivity index (χ4n) is 6.56. The van der Waals surface area contributed by atoms with Crippen LogP contribution in [-0.2, 0) is 17.7 Å². The Kier molecular flexibility index (Phi) is 12.7. The molecule has 4 atom stereocenters. The zero-order valence-corrected chi connectivity index (χ0v) is 34.5. The van der Waals surface area contributed by atoms with Crippen LogP contribution in [0.15, 0.2) is 109 Å². The molecule has 262 valence electrons. The number of hydrogen-bond acceptors (Lipinski definition) is 10. The number of fused-ring (bicyclic) bond motifs is 2. The lowest BCUT2D eigenvalue weighted by atomic mass is 10.1. The van der Waals surface area contributed by atoms with E-state index in [0.29, 0.717) is 0 Å². The molecule has 0 aliphatic heterocycles. The van der Waals surface area contributed by atoms with E-state index in [2.05, 4.69) is 111 Å². The first-order chi connectivity index (χ1) is 24.3. The predicted molar refractivity (Wildman–Crippen MR) is 220 cm³/mol. The van der Waals surface area contributed by atoms with E-state index in [0.717, 1.165) is 43.5 Å². The highest BCUT2D eigenvalue weighted by atomic mass is 33.1. The van der Waals surface area contributed by atoms with Crippen molar-refractivity contribution in [3.05, 3.63) is 119 Å². The lowest BCUT2D eigenvalue weighted by Crippen LogP contribution is -2.53. The lowest BCUT2D eigenvalue weighted by Gasteiger charge is -2.34. The molecule has 0 saturated carbocycles. The molecule has 12 heteroatoms. The van der Waals surface area contributed by atoms with Crippen LogP contribution in [0.4, 0.5) is 0 Å². The van der Waals surface area contributed by atoms with Crippen molar-refractivity contribution in [2.45, 2.75) is 36.4 Å². The number of hydrogen-bond donors (Lipinski definition) is 0. The summed E-state index contributed by atoms with van der Waals surface area (Å²) in [7, 11) is 5.51. The Labute approximate surface area is 313 Å². The topological polar surface area (TPSA) is 62.7 Å². The maximum atomic E-state index is 6.33. The minimum Gasteiger partial charge on any atom is -0.394 e. The normalized spacial score (nSPS) is 14.9. The standard InChI is InChI=1S/C38H44N2O4S4Si2/c1-27(25-49(41-3,42-4)29-17-9-7-10-18-29)35(37-39-31-21-13-15-23-33(31)45-37)47-48-36(38-40-32-22-14-16-24-34(32)46-38)28(2)26-50(43-5,44-6)30-19-11-8-12-20-30/h7-24,27-28,35-36H,25-26H2,1-6H3. The zero-order chi connectivity index (χ0) is 35.1. The smallest absolute Gasteiger partial charge is 0.372 e. The lowest BCUT2D eigenvalue weighted by molar-refractivity contribution is 0.249. The second-order valence-electron chi connectivity index (χ2n) is 12.5. The molecular weight excluding hydrogens is 733 g/mol. The Balaban J connectivity index is 1.36. The molecule has 0 radical (unpaired) electrons. The van der Waals surface area contributed by atoms with E-state index < -0.39 is 17.1 Å². The van der Waals surface area contributed by atoms with Gasteiger partial charge in [-0.25, -0.2) is 9.97 Å². The third kappa shape index (κ3) is 8.00. The zero-order valence-electron chi connectivity index (χ0n) is 29.3. The summed E-state index contributed by atoms with van der Waals surface area (Å²) in [6.45, 7) is 4.65. The van der Waals surface area contributed by atoms with Crippen molar-refractivity contribution in [1.82, 2.24) is 9.97 Å². The molecule has 2 aromatic heterocycles. The number of thiazole rings is 2. The summed E-state index contributed by atoms with van der Waals surface area (Å²) in [5.74, 6) is 0.392. The van der Waals surface area contributed by atoms with Crippen LogP contribution >= 0.6 is 44.3 Å². The van der Waals surface area contributed by atoms with Crippen LogP contribution in [0.5, 0.6) is 0 Å². The van der Waals surface area contributed by atoms with Crippen LogP contribution in [0.3, 0.4) is 0 Å². The Morgan fingerprint density at radius 2 is 0.860 bits per heavy atom. The molecule has 4 aromatic carbocycles. The average Bonchev–Trinajstić information content (AvgIpc) is 3.80. The Morgan fingerprint density at radius 1 is 0.520 bits per heavy atom. The molecule has 50 heavy (non-hydrogen) atoms. The van der Waals surface area contributed by atoms with E-state index in [-0.39, 0.29) is 22.3 Å². The van der Waals surface area contributed by atoms with Gasteiger partial charge in [0.1, 0.15) is 10.0 Å². The molecule has 6 rings (SSSR count). The highest BCUT2D eigenvalue weighted by molar-refractivity contribution is 8.76. The van der Waals surface area contributed by atoms with Gasteiger partial charge >= 0.3 is 17.1 Å². The highest BCUT2D eigenvalue weighted by Gasteiger charge is 2.44. The first-order valence-electron chi connectivity index (χ1n) is 16.7. The van der Waals surface area contributed by atoms with Gasteiger partial charge in [-0.1, -0.05) is 120 Å². The highest BCUT2D eigenvalue weighted by Crippen LogP contribution is 2.55. The van der Waals surface area contributed by atoms with Gasteiger partial charge in [0, 0.05) is 28.4 Å². The van der Waals surface area contributed by atoms with Crippen molar-refractivity contribution in [2.24, 2.45) is 11.8 Å². The Morgan fingerprint density at radius 3 is 1.20 bits per heavy atom. The van der Waals surface area contributed by atoms with Gasteiger partial charge in [-0.2, -0.15) is 0 Å². The molecule has 0 spiro atoms. The predicted octanol–water partition coefficient (Wildman–Crippen LogP) is 9.63. The third-order valence-corrected chi connectivity index (χ3v) is 22.8. The Hall–Kier alpha value is -2.37. The van der Waals surface area contributed by atoms with Gasteiger partial charge in [0.25, 0.3) is 0 Å². The molecule has 0 saturated heterocycles. The van der Waals surface area contributed by atoms with Crippen LogP contribution in [0, 0.1) is 11.8 Å². The second-order valence-corrected chi connectivity index (χ2v) is 23.8. The first-order valence-corrected chi connectivity index (χ1v) is 24.7. The molecule has 0 N–H and O–H groups in total. The summed E-state index contributed by atoms with van der Waals surface area (Å²) in [4.78, 5) is 10.4. The summed E-state index contributed by atoms with van der Waals surface area (Å²) >= 11 is 3.57. The fraction of sp³-hybridized carbons (Fsp3) is 0.316. The fourth-order valence-corrected chi connectivity index (χ4v) is 19.5. The van der Waals surface area contributed by atoms with Crippen LogP contribution < -0.4 is 10.4 Å². The van der Waals surface area contributed by atoms with Crippen molar-refractivity contribution in [2.75, 3.05) is 28.4 Å². The molecule has 6 nitrogen and oxygen atoms in total. The van der Waals surface area contributed by atoms with E-state index in [1.165, 1.54) is 9.40 Å². The molecule has 2 heterocycles. The minimum atomic E-state index is -2.74. The SMILES string of the molecule is CO[Si](CC(C)C(SSC(c1nc2ccccc2s1)C(C)C[Si](OC)(OC)c1ccccc1)c1nc2ccccc2s1)(OC)c1ccccc1. The van der Waals surface area contributed by atoms with Crippen LogP contribution in [0.2, 0.25) is 12.1 Å².